The predicted molar refractivity (Wildman–Crippen MR) is 106 cm³/mol. The van der Waals surface area contributed by atoms with E-state index in [4.69, 9.17) is 4.42 Å². The van der Waals surface area contributed by atoms with Crippen LogP contribution in [-0.2, 0) is 4.79 Å². The van der Waals surface area contributed by atoms with Crippen molar-refractivity contribution in [2.75, 3.05) is 11.1 Å². The summed E-state index contributed by atoms with van der Waals surface area (Å²) in [4.78, 5) is 12.1. The summed E-state index contributed by atoms with van der Waals surface area (Å²) < 4.78 is 34.2. The molecule has 0 aliphatic carbocycles. The first-order valence-electron chi connectivity index (χ1n) is 8.82. The fraction of sp³-hybridized carbons (Fsp3) is 0.250. The van der Waals surface area contributed by atoms with Crippen LogP contribution in [0.5, 0.6) is 5.75 Å². The number of anilines is 1. The number of nitrogens with one attached hydrogen (secondary N) is 1. The number of amides is 1. The van der Waals surface area contributed by atoms with Gasteiger partial charge in [0.05, 0.1) is 5.75 Å². The van der Waals surface area contributed by atoms with Crippen molar-refractivity contribution in [2.24, 2.45) is 0 Å². The van der Waals surface area contributed by atoms with E-state index in [2.05, 4.69) is 34.1 Å². The number of rotatable bonds is 8. The fourth-order valence-corrected chi connectivity index (χ4v) is 3.00. The topological polar surface area (TPSA) is 77.2 Å². The molecular weight excluding hydrogens is 400 g/mol. The van der Waals surface area contributed by atoms with E-state index in [1.54, 1.807) is 0 Å². The van der Waals surface area contributed by atoms with Gasteiger partial charge in [-0.3, -0.25) is 4.79 Å². The number of alkyl halides is 2. The SMILES string of the molecule is CC(C)c1ccc(NC(=O)CSc2nnc(-c3ccc(OC(F)F)cc3)o2)cc1. The summed E-state index contributed by atoms with van der Waals surface area (Å²) in [5.74, 6) is 0.599. The van der Waals surface area contributed by atoms with Crippen molar-refractivity contribution >= 4 is 23.4 Å². The molecule has 29 heavy (non-hydrogen) atoms. The number of hydrogen-bond donors (Lipinski definition) is 1. The van der Waals surface area contributed by atoms with Crippen molar-refractivity contribution in [3.8, 4) is 17.2 Å². The first-order valence-corrected chi connectivity index (χ1v) is 9.80. The Hall–Kier alpha value is -2.94. The monoisotopic (exact) mass is 419 g/mol. The molecule has 3 rings (SSSR count). The van der Waals surface area contributed by atoms with Gasteiger partial charge in [0, 0.05) is 11.3 Å². The van der Waals surface area contributed by atoms with E-state index in [1.165, 1.54) is 29.8 Å². The third kappa shape index (κ3) is 6.02. The van der Waals surface area contributed by atoms with Gasteiger partial charge in [0.15, 0.2) is 0 Å². The molecule has 1 amide bonds. The zero-order chi connectivity index (χ0) is 20.8. The quantitative estimate of drug-likeness (QED) is 0.506. The van der Waals surface area contributed by atoms with Gasteiger partial charge in [-0.15, -0.1) is 10.2 Å². The van der Waals surface area contributed by atoms with Crippen LogP contribution in [-0.4, -0.2) is 28.5 Å². The molecule has 1 aromatic heterocycles. The second-order valence-electron chi connectivity index (χ2n) is 6.39. The molecule has 0 atom stereocenters. The summed E-state index contributed by atoms with van der Waals surface area (Å²) in [5.41, 5.74) is 2.47. The Morgan fingerprint density at radius 3 is 2.41 bits per heavy atom. The smallest absolute Gasteiger partial charge is 0.387 e. The van der Waals surface area contributed by atoms with Gasteiger partial charge in [0.1, 0.15) is 5.75 Å². The van der Waals surface area contributed by atoms with Crippen LogP contribution in [0.25, 0.3) is 11.5 Å². The Morgan fingerprint density at radius 1 is 1.10 bits per heavy atom. The number of aromatic nitrogens is 2. The first-order chi connectivity index (χ1) is 13.9. The highest BCUT2D eigenvalue weighted by Crippen LogP contribution is 2.25. The third-order valence-corrected chi connectivity index (χ3v) is 4.74. The number of thioether (sulfide) groups is 1. The number of hydrogen-bond acceptors (Lipinski definition) is 6. The molecule has 0 saturated carbocycles. The molecular formula is C20H19F2N3O3S. The van der Waals surface area contributed by atoms with Gasteiger partial charge in [-0.05, 0) is 47.9 Å². The lowest BCUT2D eigenvalue weighted by Crippen LogP contribution is -2.14. The number of carbonyl (C=O) groups excluding carboxylic acids is 1. The highest BCUT2D eigenvalue weighted by Gasteiger charge is 2.12. The van der Waals surface area contributed by atoms with E-state index in [9.17, 15) is 13.6 Å². The highest BCUT2D eigenvalue weighted by atomic mass is 32.2. The van der Waals surface area contributed by atoms with E-state index in [1.807, 2.05) is 24.3 Å². The Balaban J connectivity index is 1.52. The second-order valence-corrected chi connectivity index (χ2v) is 7.32. The molecule has 1 heterocycles. The average molecular weight is 419 g/mol. The summed E-state index contributed by atoms with van der Waals surface area (Å²) in [5, 5.41) is 10.8. The lowest BCUT2D eigenvalue weighted by atomic mass is 10.0. The van der Waals surface area contributed by atoms with Crippen LogP contribution >= 0.6 is 11.8 Å². The molecule has 6 nitrogen and oxygen atoms in total. The van der Waals surface area contributed by atoms with Crippen LogP contribution in [0.3, 0.4) is 0 Å². The molecule has 9 heteroatoms. The van der Waals surface area contributed by atoms with E-state index in [0.717, 1.165) is 17.4 Å². The van der Waals surface area contributed by atoms with Gasteiger partial charge in [0.25, 0.3) is 5.22 Å². The van der Waals surface area contributed by atoms with Gasteiger partial charge in [-0.25, -0.2) is 0 Å². The van der Waals surface area contributed by atoms with Crippen LogP contribution in [0.1, 0.15) is 25.3 Å². The Bertz CT molecular complexity index is 944. The van der Waals surface area contributed by atoms with Crippen molar-refractivity contribution in [3.05, 3.63) is 54.1 Å². The fourth-order valence-electron chi connectivity index (χ4n) is 2.44. The standard InChI is InChI=1S/C20H19F2N3O3S/c1-12(2)13-3-7-15(8-4-13)23-17(26)11-29-20-25-24-18(28-20)14-5-9-16(10-6-14)27-19(21)22/h3-10,12,19H,11H2,1-2H3,(H,23,26). The maximum Gasteiger partial charge on any atom is 0.387 e. The van der Waals surface area contributed by atoms with Crippen molar-refractivity contribution < 1.29 is 22.7 Å². The lowest BCUT2D eigenvalue weighted by molar-refractivity contribution is -0.113. The van der Waals surface area contributed by atoms with Crippen LogP contribution in [0.15, 0.2) is 58.2 Å². The normalized spacial score (nSPS) is 11.1. The first kappa shape index (κ1) is 20.8. The largest absolute Gasteiger partial charge is 0.435 e. The number of nitrogens with zero attached hydrogens (tertiary/aromatic N) is 2. The van der Waals surface area contributed by atoms with Crippen LogP contribution in [0.2, 0.25) is 0 Å². The minimum atomic E-state index is -2.88. The minimum absolute atomic E-state index is 0.0379. The Morgan fingerprint density at radius 2 is 1.79 bits per heavy atom. The van der Waals surface area contributed by atoms with E-state index in [0.29, 0.717) is 11.5 Å². The summed E-state index contributed by atoms with van der Waals surface area (Å²) in [6.07, 6.45) is 0. The molecule has 0 unspecified atom stereocenters. The summed E-state index contributed by atoms with van der Waals surface area (Å²) in [6.45, 7) is 1.33. The third-order valence-electron chi connectivity index (χ3n) is 3.92. The van der Waals surface area contributed by atoms with Crippen molar-refractivity contribution in [2.45, 2.75) is 31.6 Å². The summed E-state index contributed by atoms with van der Waals surface area (Å²) in [6, 6.07) is 13.5. The number of ether oxygens (including phenoxy) is 1. The molecule has 1 N–H and O–H groups in total. The molecule has 0 saturated heterocycles. The zero-order valence-corrected chi connectivity index (χ0v) is 16.6. The van der Waals surface area contributed by atoms with Crippen molar-refractivity contribution in [3.63, 3.8) is 0 Å². The van der Waals surface area contributed by atoms with Crippen LogP contribution < -0.4 is 10.1 Å². The summed E-state index contributed by atoms with van der Waals surface area (Å²) >= 11 is 1.11. The molecule has 152 valence electrons. The van der Waals surface area contributed by atoms with Gasteiger partial charge in [-0.2, -0.15) is 8.78 Å². The molecule has 0 bridgehead atoms. The predicted octanol–water partition coefficient (Wildman–Crippen LogP) is 5.19. The second kappa shape index (κ2) is 9.51. The maximum absolute atomic E-state index is 12.2. The molecule has 0 aliphatic heterocycles. The minimum Gasteiger partial charge on any atom is -0.435 e. The Labute approximate surface area is 170 Å². The molecule has 0 fully saturated rings. The van der Waals surface area contributed by atoms with Gasteiger partial charge >= 0.3 is 6.61 Å². The van der Waals surface area contributed by atoms with E-state index < -0.39 is 6.61 Å². The van der Waals surface area contributed by atoms with Crippen LogP contribution in [0, 0.1) is 0 Å². The Kier molecular flexibility index (Phi) is 6.82. The highest BCUT2D eigenvalue weighted by molar-refractivity contribution is 7.99. The maximum atomic E-state index is 12.2. The van der Waals surface area contributed by atoms with Crippen molar-refractivity contribution in [1.82, 2.24) is 10.2 Å². The molecule has 0 aliphatic rings. The van der Waals surface area contributed by atoms with Gasteiger partial charge < -0.3 is 14.5 Å². The average Bonchev–Trinajstić information content (AvgIpc) is 3.16. The molecule has 0 radical (unpaired) electrons. The van der Waals surface area contributed by atoms with E-state index >= 15 is 0 Å². The summed E-state index contributed by atoms with van der Waals surface area (Å²) in [7, 11) is 0. The molecule has 3 aromatic rings. The van der Waals surface area contributed by atoms with E-state index in [-0.39, 0.29) is 28.5 Å². The van der Waals surface area contributed by atoms with Crippen LogP contribution in [0.4, 0.5) is 14.5 Å². The molecule has 0 spiro atoms. The number of benzene rings is 2. The number of carbonyl (C=O) groups is 1. The van der Waals surface area contributed by atoms with Gasteiger partial charge in [-0.1, -0.05) is 37.7 Å². The number of halogens is 2. The molecule has 2 aromatic carbocycles. The zero-order valence-electron chi connectivity index (χ0n) is 15.8. The lowest BCUT2D eigenvalue weighted by Gasteiger charge is -2.07. The van der Waals surface area contributed by atoms with Gasteiger partial charge in [0.2, 0.25) is 11.8 Å². The van der Waals surface area contributed by atoms with Crippen molar-refractivity contribution in [1.29, 1.82) is 0 Å².